The van der Waals surface area contributed by atoms with E-state index < -0.39 is 6.10 Å². The van der Waals surface area contributed by atoms with Gasteiger partial charge in [-0.05, 0) is 70.6 Å². The minimum Gasteiger partial charge on any atom is -0.462 e. The molecule has 0 aromatic rings. The molecule has 0 spiro atoms. The van der Waals surface area contributed by atoms with Crippen molar-refractivity contribution in [3.05, 3.63) is 24.3 Å². The maximum absolute atomic E-state index is 12.8. The molecule has 62 heavy (non-hydrogen) atoms. The van der Waals surface area contributed by atoms with Crippen LogP contribution in [0.4, 0.5) is 0 Å². The summed E-state index contributed by atoms with van der Waals surface area (Å²) in [6.45, 7) is 6.63. The summed E-state index contributed by atoms with van der Waals surface area (Å²) in [4.78, 5) is 38.0. The lowest BCUT2D eigenvalue weighted by Gasteiger charge is -2.18. The zero-order valence-corrected chi connectivity index (χ0v) is 41.7. The van der Waals surface area contributed by atoms with Crippen LogP contribution in [0.5, 0.6) is 0 Å². The first kappa shape index (κ1) is 59.9. The maximum atomic E-state index is 12.8. The van der Waals surface area contributed by atoms with Crippen molar-refractivity contribution >= 4 is 17.9 Å². The molecular weight excluding hydrogens is 769 g/mol. The highest BCUT2D eigenvalue weighted by Gasteiger charge is 2.19. The predicted octanol–water partition coefficient (Wildman–Crippen LogP) is 17.9. The van der Waals surface area contributed by atoms with Crippen LogP contribution in [0.15, 0.2) is 24.3 Å². The Morgan fingerprint density at radius 3 is 0.855 bits per heavy atom. The zero-order chi connectivity index (χ0) is 45.1. The van der Waals surface area contributed by atoms with Crippen molar-refractivity contribution in [1.82, 2.24) is 0 Å². The lowest BCUT2D eigenvalue weighted by molar-refractivity contribution is -0.167. The lowest BCUT2D eigenvalue weighted by Crippen LogP contribution is -2.30. The van der Waals surface area contributed by atoms with Gasteiger partial charge in [-0.1, -0.05) is 231 Å². The molecule has 0 N–H and O–H groups in total. The van der Waals surface area contributed by atoms with E-state index >= 15 is 0 Å². The Balaban J connectivity index is 4.32. The summed E-state index contributed by atoms with van der Waals surface area (Å²) < 4.78 is 16.8. The summed E-state index contributed by atoms with van der Waals surface area (Å²) in [6, 6.07) is 0. The van der Waals surface area contributed by atoms with Crippen molar-refractivity contribution in [2.24, 2.45) is 0 Å². The first-order valence-corrected chi connectivity index (χ1v) is 27.3. The molecule has 0 bridgehead atoms. The lowest BCUT2D eigenvalue weighted by atomic mass is 10.0. The number of unbranched alkanes of at least 4 members (excludes halogenated alkanes) is 35. The van der Waals surface area contributed by atoms with Gasteiger partial charge < -0.3 is 14.2 Å². The topological polar surface area (TPSA) is 78.9 Å². The number of hydrogen-bond donors (Lipinski definition) is 0. The van der Waals surface area contributed by atoms with E-state index in [1.165, 1.54) is 180 Å². The Hall–Kier alpha value is -2.11. The van der Waals surface area contributed by atoms with Gasteiger partial charge in [-0.15, -0.1) is 0 Å². The van der Waals surface area contributed by atoms with E-state index in [4.69, 9.17) is 14.2 Å². The molecular formula is C56H104O6. The molecule has 0 saturated heterocycles. The van der Waals surface area contributed by atoms with Gasteiger partial charge >= 0.3 is 17.9 Å². The standard InChI is InChI=1S/C56H104O6/c1-4-7-10-13-16-19-22-25-27-28-29-30-32-34-37-40-43-46-49-55(58)61-52-53(51-60-54(57)48-45-42-39-36-33-24-21-18-15-12-9-6-3)62-56(59)50-47-44-41-38-35-31-26-23-20-17-14-11-8-5-2/h18,21,31,35,53H,4-17,19-20,22-30,32-34,36-52H2,1-3H3/b21-18-,35-31-. The van der Waals surface area contributed by atoms with Gasteiger partial charge in [0.15, 0.2) is 6.10 Å². The molecule has 0 radical (unpaired) electrons. The molecule has 1 unspecified atom stereocenters. The molecule has 0 fully saturated rings. The van der Waals surface area contributed by atoms with E-state index in [1.807, 2.05) is 0 Å². The minimum atomic E-state index is -0.777. The maximum Gasteiger partial charge on any atom is 0.306 e. The fourth-order valence-corrected chi connectivity index (χ4v) is 8.02. The number of allylic oxidation sites excluding steroid dienone is 4. The second kappa shape index (κ2) is 51.5. The largest absolute Gasteiger partial charge is 0.462 e. The van der Waals surface area contributed by atoms with Crippen LogP contribution in [0.25, 0.3) is 0 Å². The molecule has 1 atom stereocenters. The van der Waals surface area contributed by atoms with Gasteiger partial charge in [0, 0.05) is 19.3 Å². The third kappa shape index (κ3) is 48.9. The van der Waals surface area contributed by atoms with Crippen LogP contribution in [0, 0.1) is 0 Å². The van der Waals surface area contributed by atoms with Crippen LogP contribution in [0.3, 0.4) is 0 Å². The van der Waals surface area contributed by atoms with E-state index in [2.05, 4.69) is 45.1 Å². The van der Waals surface area contributed by atoms with Crippen molar-refractivity contribution in [2.45, 2.75) is 303 Å². The fourth-order valence-electron chi connectivity index (χ4n) is 8.02. The third-order valence-corrected chi connectivity index (χ3v) is 12.2. The van der Waals surface area contributed by atoms with Crippen LogP contribution in [0.1, 0.15) is 297 Å². The Labute approximate surface area is 385 Å². The molecule has 6 heteroatoms. The van der Waals surface area contributed by atoms with Crippen molar-refractivity contribution in [3.8, 4) is 0 Å². The quantitative estimate of drug-likeness (QED) is 0.0262. The Morgan fingerprint density at radius 1 is 0.306 bits per heavy atom. The summed E-state index contributed by atoms with van der Waals surface area (Å²) in [5.74, 6) is -0.886. The van der Waals surface area contributed by atoms with Gasteiger partial charge in [-0.2, -0.15) is 0 Å². The average molecular weight is 873 g/mol. The summed E-state index contributed by atoms with van der Waals surface area (Å²) in [7, 11) is 0. The Morgan fingerprint density at radius 2 is 0.532 bits per heavy atom. The fraction of sp³-hybridized carbons (Fsp3) is 0.875. The number of esters is 3. The van der Waals surface area contributed by atoms with E-state index in [-0.39, 0.29) is 31.1 Å². The molecule has 0 aliphatic heterocycles. The predicted molar refractivity (Wildman–Crippen MR) is 266 cm³/mol. The molecule has 6 nitrogen and oxygen atoms in total. The molecule has 0 saturated carbocycles. The van der Waals surface area contributed by atoms with E-state index in [1.54, 1.807) is 0 Å². The van der Waals surface area contributed by atoms with Gasteiger partial charge in [0.2, 0.25) is 0 Å². The molecule has 0 aliphatic rings. The first-order valence-electron chi connectivity index (χ1n) is 27.3. The number of carbonyl (C=O) groups excluding carboxylic acids is 3. The summed E-state index contributed by atoms with van der Waals surface area (Å²) in [5, 5.41) is 0. The SMILES string of the molecule is CCCCC/C=C\CCCCCCCC(=O)OCC(COC(=O)CCCCCCCCCCCCCCCCCCCC)OC(=O)CCCCC/C=C\CCCCCCCCC. The zero-order valence-electron chi connectivity index (χ0n) is 41.7. The molecule has 364 valence electrons. The van der Waals surface area contributed by atoms with Gasteiger partial charge in [0.1, 0.15) is 13.2 Å². The second-order valence-electron chi connectivity index (χ2n) is 18.5. The summed E-state index contributed by atoms with van der Waals surface area (Å²) in [5.41, 5.74) is 0. The second-order valence-corrected chi connectivity index (χ2v) is 18.5. The highest BCUT2D eigenvalue weighted by atomic mass is 16.6. The van der Waals surface area contributed by atoms with E-state index in [0.717, 1.165) is 77.0 Å². The van der Waals surface area contributed by atoms with Crippen LogP contribution < -0.4 is 0 Å². The van der Waals surface area contributed by atoms with Gasteiger partial charge in [-0.25, -0.2) is 0 Å². The molecule has 0 rings (SSSR count). The third-order valence-electron chi connectivity index (χ3n) is 12.2. The number of ether oxygens (including phenoxy) is 3. The molecule has 0 aromatic heterocycles. The smallest absolute Gasteiger partial charge is 0.306 e. The first-order chi connectivity index (χ1) is 30.5. The van der Waals surface area contributed by atoms with E-state index in [9.17, 15) is 14.4 Å². The highest BCUT2D eigenvalue weighted by Crippen LogP contribution is 2.16. The van der Waals surface area contributed by atoms with Crippen molar-refractivity contribution in [2.75, 3.05) is 13.2 Å². The van der Waals surface area contributed by atoms with Crippen LogP contribution >= 0.6 is 0 Å². The molecule has 0 aliphatic carbocycles. The molecule has 0 aromatic carbocycles. The van der Waals surface area contributed by atoms with Crippen LogP contribution in [0.2, 0.25) is 0 Å². The summed E-state index contributed by atoms with van der Waals surface area (Å²) >= 11 is 0. The van der Waals surface area contributed by atoms with Crippen LogP contribution in [-0.2, 0) is 28.6 Å². The summed E-state index contributed by atoms with van der Waals surface area (Å²) in [6.07, 6.45) is 58.8. The van der Waals surface area contributed by atoms with Crippen LogP contribution in [-0.4, -0.2) is 37.2 Å². The van der Waals surface area contributed by atoms with Gasteiger partial charge in [0.25, 0.3) is 0 Å². The Bertz CT molecular complexity index is 1000. The Kier molecular flexibility index (Phi) is 49.8. The molecule has 0 heterocycles. The van der Waals surface area contributed by atoms with Crippen molar-refractivity contribution < 1.29 is 28.6 Å². The minimum absolute atomic E-state index is 0.0759. The average Bonchev–Trinajstić information content (AvgIpc) is 3.27. The van der Waals surface area contributed by atoms with Crippen molar-refractivity contribution in [3.63, 3.8) is 0 Å². The highest BCUT2D eigenvalue weighted by molar-refractivity contribution is 5.71. The molecule has 0 amide bonds. The number of carbonyl (C=O) groups is 3. The van der Waals surface area contributed by atoms with E-state index in [0.29, 0.717) is 19.3 Å². The number of rotatable bonds is 50. The van der Waals surface area contributed by atoms with Gasteiger partial charge in [0.05, 0.1) is 0 Å². The monoisotopic (exact) mass is 873 g/mol. The number of hydrogen-bond acceptors (Lipinski definition) is 6. The normalized spacial score (nSPS) is 12.1. The van der Waals surface area contributed by atoms with Gasteiger partial charge in [-0.3, -0.25) is 14.4 Å². The van der Waals surface area contributed by atoms with Crippen molar-refractivity contribution in [1.29, 1.82) is 0 Å².